The molecule has 0 aliphatic rings. The maximum absolute atomic E-state index is 10.9. The number of hydrogen-bond acceptors (Lipinski definition) is 3. The lowest BCUT2D eigenvalue weighted by Gasteiger charge is -2.00. The molecule has 0 bridgehead atoms. The molecule has 1 heterocycles. The quantitative estimate of drug-likeness (QED) is 0.655. The lowest BCUT2D eigenvalue weighted by molar-refractivity contribution is 0.605. The van der Waals surface area contributed by atoms with Gasteiger partial charge in [-0.2, -0.15) is 0 Å². The summed E-state index contributed by atoms with van der Waals surface area (Å²) in [5.74, 6) is 0. The van der Waals surface area contributed by atoms with Crippen LogP contribution in [0.4, 0.5) is 0 Å². The summed E-state index contributed by atoms with van der Waals surface area (Å²) in [6.45, 7) is 3.37. The molecule has 0 fully saturated rings. The average molecular weight is 206 g/mol. The summed E-state index contributed by atoms with van der Waals surface area (Å²) >= 11 is 0. The smallest absolute Gasteiger partial charge is 0.240 e. The highest BCUT2D eigenvalue weighted by Gasteiger charge is 2.14. The van der Waals surface area contributed by atoms with Crippen molar-refractivity contribution in [2.75, 3.05) is 0 Å². The van der Waals surface area contributed by atoms with Gasteiger partial charge in [0.1, 0.15) is 0 Å². The Bertz CT molecular complexity index is 400. The molecular weight excluding hydrogens is 198 g/mol. The molecule has 0 atom stereocenters. The van der Waals surface area contributed by atoms with Gasteiger partial charge in [-0.05, 0) is 25.5 Å². The molecule has 0 N–H and O–H groups in total. The highest BCUT2D eigenvalue weighted by molar-refractivity contribution is 8.13. The third-order valence-electron chi connectivity index (χ3n) is 1.42. The van der Waals surface area contributed by atoms with Gasteiger partial charge in [0.2, 0.25) is 0 Å². The summed E-state index contributed by atoms with van der Waals surface area (Å²) in [7, 11) is 1.45. The molecule has 1 aromatic heterocycles. The molecule has 0 aliphatic carbocycles. The fourth-order valence-corrected chi connectivity index (χ4v) is 2.02. The fourth-order valence-electron chi connectivity index (χ4n) is 0.849. The van der Waals surface area contributed by atoms with Gasteiger partial charge in [-0.1, -0.05) is 6.07 Å². The first-order valence-electron chi connectivity index (χ1n) is 3.30. The Morgan fingerprint density at radius 1 is 1.33 bits per heavy atom. The minimum atomic E-state index is -3.69. The number of pyridine rings is 1. The van der Waals surface area contributed by atoms with E-state index in [1.54, 1.807) is 26.0 Å². The second kappa shape index (κ2) is 3.03. The SMILES string of the molecule is Cc1ccc(C)c(S(=O)(=O)Cl)n1. The van der Waals surface area contributed by atoms with E-state index in [-0.39, 0.29) is 5.03 Å². The Balaban J connectivity index is 3.43. The van der Waals surface area contributed by atoms with E-state index in [9.17, 15) is 8.42 Å². The zero-order chi connectivity index (χ0) is 9.35. The second-order valence-electron chi connectivity index (χ2n) is 2.51. The maximum atomic E-state index is 10.9. The van der Waals surface area contributed by atoms with Gasteiger partial charge in [0, 0.05) is 16.4 Å². The molecule has 0 amide bonds. The van der Waals surface area contributed by atoms with Crippen LogP contribution in [0.2, 0.25) is 0 Å². The minimum Gasteiger partial charge on any atom is -0.240 e. The van der Waals surface area contributed by atoms with E-state index in [1.807, 2.05) is 0 Å². The molecule has 0 spiro atoms. The van der Waals surface area contributed by atoms with Gasteiger partial charge in [0.15, 0.2) is 5.03 Å². The normalized spacial score (nSPS) is 11.6. The average Bonchev–Trinajstić information content (AvgIpc) is 1.92. The molecule has 12 heavy (non-hydrogen) atoms. The third kappa shape index (κ3) is 1.95. The van der Waals surface area contributed by atoms with Crippen LogP contribution in [0.1, 0.15) is 11.3 Å². The van der Waals surface area contributed by atoms with Crippen molar-refractivity contribution in [2.24, 2.45) is 0 Å². The summed E-state index contributed by atoms with van der Waals surface area (Å²) in [4.78, 5) is 3.82. The first-order chi connectivity index (χ1) is 5.41. The first kappa shape index (κ1) is 9.48. The van der Waals surface area contributed by atoms with E-state index in [1.165, 1.54) is 0 Å². The van der Waals surface area contributed by atoms with Crippen LogP contribution in [0.15, 0.2) is 17.2 Å². The lowest BCUT2D eigenvalue weighted by atomic mass is 10.3. The maximum Gasteiger partial charge on any atom is 0.278 e. The Kier molecular flexibility index (Phi) is 2.39. The Morgan fingerprint density at radius 3 is 2.33 bits per heavy atom. The summed E-state index contributed by atoms with van der Waals surface area (Å²) in [5.41, 5.74) is 1.20. The molecular formula is C7H8ClNO2S. The first-order valence-corrected chi connectivity index (χ1v) is 5.61. The van der Waals surface area contributed by atoms with Gasteiger partial charge in [0.05, 0.1) is 0 Å². The van der Waals surface area contributed by atoms with E-state index in [0.29, 0.717) is 11.3 Å². The second-order valence-corrected chi connectivity index (χ2v) is 4.99. The zero-order valence-corrected chi connectivity index (χ0v) is 8.28. The van der Waals surface area contributed by atoms with Crippen LogP contribution >= 0.6 is 10.7 Å². The summed E-state index contributed by atoms with van der Waals surface area (Å²) in [5, 5.41) is -0.0517. The van der Waals surface area contributed by atoms with Crippen LogP contribution in [0.3, 0.4) is 0 Å². The van der Waals surface area contributed by atoms with Crippen molar-refractivity contribution in [3.8, 4) is 0 Å². The number of aromatic nitrogens is 1. The molecule has 1 aromatic rings. The van der Waals surface area contributed by atoms with Gasteiger partial charge in [-0.15, -0.1) is 0 Å². The molecule has 0 aliphatic heterocycles. The molecule has 0 saturated heterocycles. The van der Waals surface area contributed by atoms with E-state index in [2.05, 4.69) is 4.98 Å². The van der Waals surface area contributed by atoms with Crippen molar-refractivity contribution in [3.05, 3.63) is 23.4 Å². The van der Waals surface area contributed by atoms with Crippen molar-refractivity contribution < 1.29 is 8.42 Å². The van der Waals surface area contributed by atoms with Gasteiger partial charge in [0.25, 0.3) is 9.05 Å². The molecule has 0 saturated carbocycles. The summed E-state index contributed by atoms with van der Waals surface area (Å²) in [6.07, 6.45) is 0. The summed E-state index contributed by atoms with van der Waals surface area (Å²) in [6, 6.07) is 3.42. The van der Waals surface area contributed by atoms with E-state index < -0.39 is 9.05 Å². The zero-order valence-electron chi connectivity index (χ0n) is 6.70. The van der Waals surface area contributed by atoms with E-state index in [0.717, 1.165) is 0 Å². The van der Waals surface area contributed by atoms with Crippen molar-refractivity contribution >= 4 is 19.7 Å². The van der Waals surface area contributed by atoms with Crippen LogP contribution in [0.25, 0.3) is 0 Å². The molecule has 66 valence electrons. The number of nitrogens with zero attached hydrogens (tertiary/aromatic N) is 1. The van der Waals surface area contributed by atoms with Gasteiger partial charge < -0.3 is 0 Å². The third-order valence-corrected chi connectivity index (χ3v) is 2.73. The van der Waals surface area contributed by atoms with E-state index >= 15 is 0 Å². The van der Waals surface area contributed by atoms with Gasteiger partial charge in [-0.25, -0.2) is 13.4 Å². The summed E-state index contributed by atoms with van der Waals surface area (Å²) < 4.78 is 21.8. The van der Waals surface area contributed by atoms with Gasteiger partial charge >= 0.3 is 0 Å². The van der Waals surface area contributed by atoms with Crippen molar-refractivity contribution in [1.29, 1.82) is 0 Å². The highest BCUT2D eigenvalue weighted by atomic mass is 35.7. The monoisotopic (exact) mass is 205 g/mol. The molecule has 0 radical (unpaired) electrons. The van der Waals surface area contributed by atoms with Crippen LogP contribution in [0, 0.1) is 13.8 Å². The number of halogens is 1. The van der Waals surface area contributed by atoms with Crippen molar-refractivity contribution in [2.45, 2.75) is 18.9 Å². The number of aryl methyl sites for hydroxylation is 2. The molecule has 1 rings (SSSR count). The van der Waals surface area contributed by atoms with Crippen LogP contribution in [-0.2, 0) is 9.05 Å². The molecule has 0 aromatic carbocycles. The van der Waals surface area contributed by atoms with Crippen molar-refractivity contribution in [1.82, 2.24) is 4.98 Å². The van der Waals surface area contributed by atoms with Gasteiger partial charge in [-0.3, -0.25) is 0 Å². The number of rotatable bonds is 1. The van der Waals surface area contributed by atoms with Crippen molar-refractivity contribution in [3.63, 3.8) is 0 Å². The Morgan fingerprint density at radius 2 is 1.92 bits per heavy atom. The molecule has 0 unspecified atom stereocenters. The predicted octanol–water partition coefficient (Wildman–Crippen LogP) is 1.63. The number of hydrogen-bond donors (Lipinski definition) is 0. The topological polar surface area (TPSA) is 47.0 Å². The lowest BCUT2D eigenvalue weighted by Crippen LogP contribution is -1.99. The molecule has 5 heteroatoms. The standard InChI is InChI=1S/C7H8ClNO2S/c1-5-3-4-6(2)9-7(5)12(8,10)11/h3-4H,1-2H3. The largest absolute Gasteiger partial charge is 0.278 e. The van der Waals surface area contributed by atoms with Crippen LogP contribution < -0.4 is 0 Å². The predicted molar refractivity (Wildman–Crippen MR) is 46.7 cm³/mol. The van der Waals surface area contributed by atoms with Crippen LogP contribution in [0.5, 0.6) is 0 Å². The fraction of sp³-hybridized carbons (Fsp3) is 0.286. The minimum absolute atomic E-state index is 0.0517. The van der Waals surface area contributed by atoms with E-state index in [4.69, 9.17) is 10.7 Å². The Labute approximate surface area is 75.8 Å². The molecule has 3 nitrogen and oxygen atoms in total. The van der Waals surface area contributed by atoms with Crippen LogP contribution in [-0.4, -0.2) is 13.4 Å². The highest BCUT2D eigenvalue weighted by Crippen LogP contribution is 2.16. The Hall–Kier alpha value is -0.610.